The van der Waals surface area contributed by atoms with Crippen molar-refractivity contribution in [3.8, 4) is 0 Å². The third kappa shape index (κ3) is 4.42. The van der Waals surface area contributed by atoms with Crippen LogP contribution >= 0.6 is 0 Å². The maximum absolute atomic E-state index is 5.97. The van der Waals surface area contributed by atoms with Crippen LogP contribution in [0.4, 0.5) is 5.69 Å². The van der Waals surface area contributed by atoms with E-state index in [1.54, 1.807) is 0 Å². The molecule has 23 heavy (non-hydrogen) atoms. The molecule has 2 fully saturated rings. The first-order valence-corrected chi connectivity index (χ1v) is 8.95. The van der Waals surface area contributed by atoms with Crippen LogP contribution in [0.5, 0.6) is 0 Å². The Morgan fingerprint density at radius 3 is 2.52 bits per heavy atom. The van der Waals surface area contributed by atoms with E-state index in [-0.39, 0.29) is 11.0 Å². The van der Waals surface area contributed by atoms with E-state index in [0.29, 0.717) is 0 Å². The molecule has 0 unspecified atom stereocenters. The molecular formula is C20H30N2O. The molecule has 0 amide bonds. The van der Waals surface area contributed by atoms with Gasteiger partial charge in [0.15, 0.2) is 0 Å². The maximum atomic E-state index is 5.97. The van der Waals surface area contributed by atoms with E-state index in [2.05, 4.69) is 56.2 Å². The highest BCUT2D eigenvalue weighted by Gasteiger charge is 2.41. The van der Waals surface area contributed by atoms with Crippen LogP contribution in [0.1, 0.15) is 45.1 Å². The summed E-state index contributed by atoms with van der Waals surface area (Å²) in [4.78, 5) is 7.46. The van der Waals surface area contributed by atoms with Crippen molar-refractivity contribution >= 4 is 11.9 Å². The highest BCUT2D eigenvalue weighted by Crippen LogP contribution is 2.39. The van der Waals surface area contributed by atoms with Crippen LogP contribution in [-0.4, -0.2) is 43.0 Å². The fourth-order valence-corrected chi connectivity index (χ4v) is 4.03. The molecule has 2 aliphatic rings. The van der Waals surface area contributed by atoms with E-state index in [0.717, 1.165) is 31.7 Å². The van der Waals surface area contributed by atoms with Crippen LogP contribution in [-0.2, 0) is 4.74 Å². The Morgan fingerprint density at radius 2 is 1.87 bits per heavy atom. The van der Waals surface area contributed by atoms with E-state index in [4.69, 9.17) is 9.73 Å². The van der Waals surface area contributed by atoms with Crippen LogP contribution in [0.3, 0.4) is 0 Å². The van der Waals surface area contributed by atoms with E-state index in [1.165, 1.54) is 31.5 Å². The first-order valence-electron chi connectivity index (χ1n) is 8.95. The van der Waals surface area contributed by atoms with Crippen LogP contribution in [0, 0.1) is 12.3 Å². The summed E-state index contributed by atoms with van der Waals surface area (Å²) >= 11 is 0. The fraction of sp³-hybridized carbons (Fsp3) is 0.650. The molecule has 2 heterocycles. The number of ether oxygens (including phenoxy) is 1. The summed E-state index contributed by atoms with van der Waals surface area (Å²) in [5.74, 6) is 0. The zero-order valence-electron chi connectivity index (χ0n) is 14.8. The van der Waals surface area contributed by atoms with Gasteiger partial charge in [-0.15, -0.1) is 0 Å². The molecule has 0 N–H and O–H groups in total. The molecule has 2 aliphatic heterocycles. The molecule has 3 heteroatoms. The third-order valence-electron chi connectivity index (χ3n) is 5.13. The number of aryl methyl sites for hydroxylation is 1. The van der Waals surface area contributed by atoms with Gasteiger partial charge in [0.2, 0.25) is 0 Å². The van der Waals surface area contributed by atoms with E-state index < -0.39 is 0 Å². The van der Waals surface area contributed by atoms with Gasteiger partial charge in [0.1, 0.15) is 0 Å². The first-order chi connectivity index (χ1) is 11.0. The lowest BCUT2D eigenvalue weighted by Crippen LogP contribution is -2.48. The minimum atomic E-state index is -0.0583. The number of nitrogens with zero attached hydrogens (tertiary/aromatic N) is 2. The molecule has 0 spiro atoms. The molecule has 1 atom stereocenters. The van der Waals surface area contributed by atoms with Crippen molar-refractivity contribution in [2.24, 2.45) is 10.4 Å². The Bertz CT molecular complexity index is 543. The van der Waals surface area contributed by atoms with Crippen molar-refractivity contribution in [2.75, 3.05) is 26.2 Å². The Hall–Kier alpha value is -1.19. The predicted molar refractivity (Wildman–Crippen MR) is 96.7 cm³/mol. The SMILES string of the molecule is Cc1ccc(N=C[C@]2(CN3CCCC3)CCOC(C)(C)C2)cc1. The molecule has 0 bridgehead atoms. The smallest absolute Gasteiger partial charge is 0.0635 e. The Kier molecular flexibility index (Phi) is 4.88. The highest BCUT2D eigenvalue weighted by molar-refractivity contribution is 5.70. The molecule has 3 nitrogen and oxygen atoms in total. The lowest BCUT2D eigenvalue weighted by atomic mass is 9.74. The lowest BCUT2D eigenvalue weighted by Gasteiger charge is -2.44. The van der Waals surface area contributed by atoms with Gasteiger partial charge in [-0.05, 0) is 71.7 Å². The fourth-order valence-electron chi connectivity index (χ4n) is 4.03. The second-order valence-electron chi connectivity index (χ2n) is 7.97. The van der Waals surface area contributed by atoms with Gasteiger partial charge in [-0.25, -0.2) is 0 Å². The summed E-state index contributed by atoms with van der Waals surface area (Å²) < 4.78 is 5.97. The Morgan fingerprint density at radius 1 is 1.17 bits per heavy atom. The molecule has 0 saturated carbocycles. The van der Waals surface area contributed by atoms with Gasteiger partial charge < -0.3 is 9.64 Å². The Labute approximate surface area is 140 Å². The molecule has 0 aromatic heterocycles. The number of hydrogen-bond donors (Lipinski definition) is 0. The Balaban J connectivity index is 1.80. The number of benzene rings is 1. The van der Waals surface area contributed by atoms with Crippen molar-refractivity contribution in [1.29, 1.82) is 0 Å². The topological polar surface area (TPSA) is 24.8 Å². The van der Waals surface area contributed by atoms with Gasteiger partial charge in [-0.3, -0.25) is 4.99 Å². The molecule has 3 rings (SSSR count). The average molecular weight is 314 g/mol. The van der Waals surface area contributed by atoms with E-state index in [1.807, 2.05) is 0 Å². The highest BCUT2D eigenvalue weighted by atomic mass is 16.5. The molecule has 1 aromatic carbocycles. The van der Waals surface area contributed by atoms with Crippen molar-refractivity contribution in [3.63, 3.8) is 0 Å². The van der Waals surface area contributed by atoms with Gasteiger partial charge in [0, 0.05) is 24.8 Å². The summed E-state index contributed by atoms with van der Waals surface area (Å²) in [6.07, 6.45) is 7.03. The first kappa shape index (κ1) is 16.7. The molecule has 0 radical (unpaired) electrons. The molecule has 2 saturated heterocycles. The summed E-state index contributed by atoms with van der Waals surface area (Å²) in [5, 5.41) is 0. The third-order valence-corrected chi connectivity index (χ3v) is 5.13. The normalized spacial score (nSPS) is 28.5. The van der Waals surface area contributed by atoms with E-state index in [9.17, 15) is 0 Å². The van der Waals surface area contributed by atoms with Crippen molar-refractivity contribution in [3.05, 3.63) is 29.8 Å². The number of aliphatic imine (C=N–C) groups is 1. The van der Waals surface area contributed by atoms with Crippen LogP contribution < -0.4 is 0 Å². The van der Waals surface area contributed by atoms with Crippen molar-refractivity contribution in [2.45, 2.75) is 52.1 Å². The second kappa shape index (κ2) is 6.74. The van der Waals surface area contributed by atoms with Gasteiger partial charge in [0.25, 0.3) is 0 Å². The van der Waals surface area contributed by atoms with Crippen LogP contribution in [0.25, 0.3) is 0 Å². The van der Waals surface area contributed by atoms with Gasteiger partial charge in [-0.2, -0.15) is 0 Å². The average Bonchev–Trinajstić information content (AvgIpc) is 2.98. The second-order valence-corrected chi connectivity index (χ2v) is 7.97. The summed E-state index contributed by atoms with van der Waals surface area (Å²) in [6.45, 7) is 11.0. The zero-order chi connectivity index (χ0) is 16.3. The van der Waals surface area contributed by atoms with Gasteiger partial charge >= 0.3 is 0 Å². The molecule has 1 aromatic rings. The minimum absolute atomic E-state index is 0.0583. The van der Waals surface area contributed by atoms with Crippen molar-refractivity contribution in [1.82, 2.24) is 4.90 Å². The number of likely N-dealkylation sites (tertiary alicyclic amines) is 1. The number of rotatable bonds is 4. The molecule has 126 valence electrons. The van der Waals surface area contributed by atoms with E-state index >= 15 is 0 Å². The standard InChI is InChI=1S/C20H30N2O/c1-17-6-8-18(9-7-17)21-15-20(16-22-11-4-5-12-22)10-13-23-19(2,3)14-20/h6-9,15H,4-5,10-14,16H2,1-3H3/t20-/m0/s1. The largest absolute Gasteiger partial charge is 0.376 e. The monoisotopic (exact) mass is 314 g/mol. The molecule has 0 aliphatic carbocycles. The minimum Gasteiger partial charge on any atom is -0.376 e. The van der Waals surface area contributed by atoms with Crippen molar-refractivity contribution < 1.29 is 4.74 Å². The summed E-state index contributed by atoms with van der Waals surface area (Å²) in [7, 11) is 0. The van der Waals surface area contributed by atoms with Crippen LogP contribution in [0.2, 0.25) is 0 Å². The molecular weight excluding hydrogens is 284 g/mol. The zero-order valence-corrected chi connectivity index (χ0v) is 14.8. The predicted octanol–water partition coefficient (Wildman–Crippen LogP) is 4.37. The summed E-state index contributed by atoms with van der Waals surface area (Å²) in [5.41, 5.74) is 2.41. The van der Waals surface area contributed by atoms with Gasteiger partial charge in [0.05, 0.1) is 11.3 Å². The maximum Gasteiger partial charge on any atom is 0.0635 e. The van der Waals surface area contributed by atoms with Gasteiger partial charge in [-0.1, -0.05) is 17.7 Å². The van der Waals surface area contributed by atoms with Crippen LogP contribution in [0.15, 0.2) is 29.3 Å². The summed E-state index contributed by atoms with van der Waals surface area (Å²) in [6, 6.07) is 8.49. The number of hydrogen-bond acceptors (Lipinski definition) is 3. The quantitative estimate of drug-likeness (QED) is 0.771. The lowest BCUT2D eigenvalue weighted by molar-refractivity contribution is -0.0897.